The van der Waals surface area contributed by atoms with E-state index in [1.54, 1.807) is 0 Å². The molecular formula is C28H40N2O2S6Si2. The molecule has 0 aliphatic carbocycles. The van der Waals surface area contributed by atoms with Gasteiger partial charge in [-0.3, -0.25) is 0 Å². The van der Waals surface area contributed by atoms with Gasteiger partial charge in [-0.2, -0.15) is 0 Å². The molecule has 0 spiro atoms. The highest BCUT2D eigenvalue weighted by molar-refractivity contribution is 9.26. The summed E-state index contributed by atoms with van der Waals surface area (Å²) < 4.78 is 15.2. The van der Waals surface area contributed by atoms with Crippen molar-refractivity contribution < 1.29 is 9.47 Å². The Hall–Kier alpha value is -0.0262. The summed E-state index contributed by atoms with van der Waals surface area (Å²) >= 11 is 3.68. The number of para-hydroxylation sites is 2. The zero-order chi connectivity index (χ0) is 28.5. The van der Waals surface area contributed by atoms with E-state index in [0.29, 0.717) is 23.3 Å². The van der Waals surface area contributed by atoms with Crippen LogP contribution in [0.25, 0.3) is 20.4 Å². The Morgan fingerprint density at radius 2 is 1.07 bits per heavy atom. The molecule has 218 valence electrons. The van der Waals surface area contributed by atoms with Crippen molar-refractivity contribution in [3.63, 3.8) is 0 Å². The molecule has 0 fully saturated rings. The van der Waals surface area contributed by atoms with Gasteiger partial charge < -0.3 is 9.47 Å². The highest BCUT2D eigenvalue weighted by Gasteiger charge is 2.31. The second-order valence-corrected chi connectivity index (χ2v) is 24.8. The number of nitrogens with zero attached hydrogens (tertiary/aromatic N) is 2. The Bertz CT molecular complexity index is 1150. The van der Waals surface area contributed by atoms with E-state index in [1.165, 1.54) is 19.4 Å². The number of hydrogen-bond donors (Lipinski definition) is 0. The lowest BCUT2D eigenvalue weighted by Gasteiger charge is -2.28. The summed E-state index contributed by atoms with van der Waals surface area (Å²) in [5, 5.41) is 2.45. The van der Waals surface area contributed by atoms with Gasteiger partial charge in [0, 0.05) is 36.6 Å². The smallest absolute Gasteiger partial charge is 0.100 e. The van der Waals surface area contributed by atoms with Gasteiger partial charge in [-0.05, 0) is 57.8 Å². The van der Waals surface area contributed by atoms with E-state index in [2.05, 4.69) is 88.6 Å². The predicted octanol–water partition coefficient (Wildman–Crippen LogP) is 9.31. The van der Waals surface area contributed by atoms with Gasteiger partial charge in [-0.1, -0.05) is 72.0 Å². The highest BCUT2D eigenvalue weighted by Crippen LogP contribution is 2.48. The first-order valence-corrected chi connectivity index (χ1v) is 26.7. The lowest BCUT2D eigenvalue weighted by Crippen LogP contribution is -2.35. The minimum absolute atomic E-state index is 0.294. The largest absolute Gasteiger partial charge is 0.382 e. The first-order valence-electron chi connectivity index (χ1n) is 13.9. The average Bonchev–Trinajstić information content (AvgIpc) is 3.57. The molecule has 0 saturated heterocycles. The van der Waals surface area contributed by atoms with Gasteiger partial charge in [0.1, 0.15) is 10.0 Å². The van der Waals surface area contributed by atoms with Crippen molar-refractivity contribution in [1.29, 1.82) is 0 Å². The van der Waals surface area contributed by atoms with Crippen LogP contribution in [0.2, 0.25) is 26.2 Å². The minimum atomic E-state index is -1.04. The van der Waals surface area contributed by atoms with Crippen LogP contribution in [-0.2, 0) is 9.47 Å². The Morgan fingerprint density at radius 3 is 1.43 bits per heavy atom. The Kier molecular flexibility index (Phi) is 13.7. The van der Waals surface area contributed by atoms with Crippen molar-refractivity contribution in [3.05, 3.63) is 58.5 Å². The van der Waals surface area contributed by atoms with Crippen molar-refractivity contribution in [1.82, 2.24) is 9.97 Å². The van der Waals surface area contributed by atoms with Crippen molar-refractivity contribution in [2.45, 2.75) is 63.3 Å². The number of fused-ring (bicyclic) bond motifs is 2. The molecule has 0 radical (unpaired) electrons. The maximum absolute atomic E-state index is 6.35. The second kappa shape index (κ2) is 16.7. The molecule has 4 atom stereocenters. The predicted molar refractivity (Wildman–Crippen MR) is 193 cm³/mol. The van der Waals surface area contributed by atoms with E-state index in [9.17, 15) is 0 Å². The van der Waals surface area contributed by atoms with Crippen LogP contribution in [-0.4, -0.2) is 63.7 Å². The molecular weight excluding hydrogens is 645 g/mol. The summed E-state index contributed by atoms with van der Waals surface area (Å²) in [5.74, 6) is 2.68. The van der Waals surface area contributed by atoms with Gasteiger partial charge in [0.25, 0.3) is 0 Å². The number of hydrogen-bond acceptors (Lipinski definition) is 10. The van der Waals surface area contributed by atoms with E-state index in [1.807, 2.05) is 63.9 Å². The van der Waals surface area contributed by atoms with Gasteiger partial charge in [0.2, 0.25) is 0 Å². The van der Waals surface area contributed by atoms with Crippen LogP contribution in [0.3, 0.4) is 0 Å². The molecule has 12 heteroatoms. The van der Waals surface area contributed by atoms with Crippen LogP contribution in [0.4, 0.5) is 0 Å². The number of rotatable bonds is 17. The first kappa shape index (κ1) is 32.9. The van der Waals surface area contributed by atoms with Gasteiger partial charge in [0.15, 0.2) is 0 Å². The van der Waals surface area contributed by atoms with Gasteiger partial charge in [-0.25, -0.2) is 9.97 Å². The molecule has 0 saturated carbocycles. The van der Waals surface area contributed by atoms with Crippen molar-refractivity contribution in [2.24, 2.45) is 0 Å². The van der Waals surface area contributed by atoms with Crippen LogP contribution >= 0.6 is 63.9 Å². The number of ether oxygens (including phenoxy) is 2. The third kappa shape index (κ3) is 8.76. The van der Waals surface area contributed by atoms with Crippen molar-refractivity contribution >= 4 is 102 Å². The Morgan fingerprint density at radius 1 is 0.675 bits per heavy atom. The number of aromatic nitrogens is 2. The SMILES string of the molecule is CCOC(C(CSSSSCC(c1nc2ccccc2s1)C(OCC)[SiH](C)C)c1nc2ccccc2s1)[SiH](C)C. The molecule has 4 rings (SSSR count). The third-order valence-electron chi connectivity index (χ3n) is 6.70. The zero-order valence-electron chi connectivity index (χ0n) is 24.1. The fourth-order valence-electron chi connectivity index (χ4n) is 4.88. The van der Waals surface area contributed by atoms with Gasteiger partial charge >= 0.3 is 0 Å². The monoisotopic (exact) mass is 684 g/mol. The summed E-state index contributed by atoms with van der Waals surface area (Å²) in [4.78, 5) is 10.1. The molecule has 4 aromatic rings. The molecule has 0 aliphatic rings. The van der Waals surface area contributed by atoms with E-state index in [-0.39, 0.29) is 0 Å². The molecule has 0 aliphatic heterocycles. The van der Waals surface area contributed by atoms with E-state index >= 15 is 0 Å². The van der Waals surface area contributed by atoms with E-state index < -0.39 is 17.6 Å². The summed E-state index contributed by atoms with van der Waals surface area (Å²) in [7, 11) is 5.60. The van der Waals surface area contributed by atoms with Crippen LogP contribution in [0, 0.1) is 0 Å². The maximum atomic E-state index is 6.35. The maximum Gasteiger partial charge on any atom is 0.100 e. The van der Waals surface area contributed by atoms with Crippen LogP contribution in [0.5, 0.6) is 0 Å². The normalized spacial score (nSPS) is 15.3. The van der Waals surface area contributed by atoms with E-state index in [4.69, 9.17) is 19.4 Å². The zero-order valence-corrected chi connectivity index (χ0v) is 31.3. The number of benzene rings is 2. The molecule has 2 aromatic carbocycles. The van der Waals surface area contributed by atoms with Crippen LogP contribution < -0.4 is 0 Å². The lowest BCUT2D eigenvalue weighted by atomic mass is 10.2. The number of thiazole rings is 2. The Balaban J connectivity index is 1.39. The molecule has 4 nitrogen and oxygen atoms in total. The molecule has 0 bridgehead atoms. The fraction of sp³-hybridized carbons (Fsp3) is 0.500. The van der Waals surface area contributed by atoms with E-state index in [0.717, 1.165) is 35.8 Å². The molecule has 2 heterocycles. The third-order valence-corrected chi connectivity index (χ3v) is 19.5. The molecule has 2 aromatic heterocycles. The highest BCUT2D eigenvalue weighted by atomic mass is 33.7. The van der Waals surface area contributed by atoms with Crippen LogP contribution in [0.15, 0.2) is 48.5 Å². The lowest BCUT2D eigenvalue weighted by molar-refractivity contribution is 0.0998. The summed E-state index contributed by atoms with van der Waals surface area (Å²) in [6.07, 6.45) is 0. The standard InChI is InChI=1S/C28H40N2O2S6Si2/c1-7-31-27(39(3)4)19(25-29-21-13-9-11-15-23(21)35-25)17-33-37-38-34-18-20(28(32-8-2)40(5)6)26-30-22-14-10-12-16-24(22)36-26/h9-16,19-20,27-28,39-40H,7-8,17-18H2,1-6H3. The average molecular weight is 685 g/mol. The fourth-order valence-corrected chi connectivity index (χ4v) is 18.1. The molecule has 40 heavy (non-hydrogen) atoms. The van der Waals surface area contributed by atoms with Gasteiger partial charge in [-0.15, -0.1) is 22.7 Å². The topological polar surface area (TPSA) is 44.2 Å². The molecule has 0 amide bonds. The van der Waals surface area contributed by atoms with Crippen molar-refractivity contribution in [2.75, 3.05) is 24.7 Å². The first-order chi connectivity index (χ1) is 19.4. The van der Waals surface area contributed by atoms with Crippen LogP contribution in [0.1, 0.15) is 35.7 Å². The summed E-state index contributed by atoms with van der Waals surface area (Å²) in [5.41, 5.74) is 2.80. The molecule has 4 unspecified atom stereocenters. The van der Waals surface area contributed by atoms with Gasteiger partial charge in [0.05, 0.1) is 49.5 Å². The summed E-state index contributed by atoms with van der Waals surface area (Å²) in [6, 6.07) is 17.0. The minimum Gasteiger partial charge on any atom is -0.382 e. The Labute approximate surface area is 266 Å². The quantitative estimate of drug-likeness (QED) is 0.0620. The molecule has 0 N–H and O–H groups in total. The summed E-state index contributed by atoms with van der Waals surface area (Å²) in [6.45, 7) is 15.3. The second-order valence-electron chi connectivity index (χ2n) is 10.3. The van der Waals surface area contributed by atoms with Crippen molar-refractivity contribution in [3.8, 4) is 0 Å².